The fourth-order valence-corrected chi connectivity index (χ4v) is 0.900. The van der Waals surface area contributed by atoms with Gasteiger partial charge < -0.3 is 10.2 Å². The summed E-state index contributed by atoms with van der Waals surface area (Å²) in [7, 11) is 4.14. The fraction of sp³-hybridized carbons (Fsp3) is 0.625. The highest BCUT2D eigenvalue weighted by Crippen LogP contribution is 1.91. The molecule has 1 aliphatic heterocycles. The van der Waals surface area contributed by atoms with E-state index in [-0.39, 0.29) is 0 Å². The Labute approximate surface area is 67.8 Å². The Balaban J connectivity index is 2.25. The second-order valence-electron chi connectivity index (χ2n) is 2.89. The Morgan fingerprint density at radius 1 is 1.64 bits per heavy atom. The molecule has 11 heavy (non-hydrogen) atoms. The summed E-state index contributed by atoms with van der Waals surface area (Å²) in [5.41, 5.74) is 0. The van der Waals surface area contributed by atoms with E-state index in [0.717, 1.165) is 25.3 Å². The number of nitrogens with one attached hydrogen (secondary N) is 1. The van der Waals surface area contributed by atoms with Crippen LogP contribution in [0.2, 0.25) is 0 Å². The van der Waals surface area contributed by atoms with Gasteiger partial charge in [0, 0.05) is 25.7 Å². The van der Waals surface area contributed by atoms with Gasteiger partial charge in [0.05, 0.1) is 0 Å². The third kappa shape index (κ3) is 3.18. The summed E-state index contributed by atoms with van der Waals surface area (Å²) in [4.78, 5) is 6.36. The van der Waals surface area contributed by atoms with Crippen LogP contribution in [-0.2, 0) is 0 Å². The van der Waals surface area contributed by atoms with Gasteiger partial charge in [0.1, 0.15) is 5.84 Å². The van der Waals surface area contributed by atoms with Crippen LogP contribution in [-0.4, -0.2) is 37.9 Å². The Morgan fingerprint density at radius 2 is 2.45 bits per heavy atom. The molecule has 0 aliphatic carbocycles. The topological polar surface area (TPSA) is 27.6 Å². The molecule has 0 radical (unpaired) electrons. The van der Waals surface area contributed by atoms with Crippen molar-refractivity contribution in [2.75, 3.05) is 27.2 Å². The van der Waals surface area contributed by atoms with E-state index in [1.54, 1.807) is 0 Å². The van der Waals surface area contributed by atoms with Gasteiger partial charge in [-0.2, -0.15) is 0 Å². The highest BCUT2D eigenvalue weighted by atomic mass is 15.1. The van der Waals surface area contributed by atoms with Gasteiger partial charge in [0.15, 0.2) is 0 Å². The van der Waals surface area contributed by atoms with E-state index in [0.29, 0.717) is 0 Å². The van der Waals surface area contributed by atoms with Gasteiger partial charge in [0.2, 0.25) is 0 Å². The zero-order valence-electron chi connectivity index (χ0n) is 7.17. The molecule has 0 amide bonds. The van der Waals surface area contributed by atoms with Gasteiger partial charge in [-0.1, -0.05) is 0 Å². The van der Waals surface area contributed by atoms with E-state index >= 15 is 0 Å². The number of rotatable bonds is 3. The second kappa shape index (κ2) is 4.13. The summed E-state index contributed by atoms with van der Waals surface area (Å²) in [6, 6.07) is 0. The lowest BCUT2D eigenvalue weighted by Gasteiger charge is -2.13. The Bertz CT molecular complexity index is 170. The van der Waals surface area contributed by atoms with Crippen molar-refractivity contribution in [3.05, 3.63) is 12.3 Å². The van der Waals surface area contributed by atoms with E-state index in [1.807, 2.05) is 12.3 Å². The van der Waals surface area contributed by atoms with Gasteiger partial charge in [-0.05, 0) is 20.2 Å². The van der Waals surface area contributed by atoms with Crippen molar-refractivity contribution in [1.29, 1.82) is 0 Å². The molecule has 1 aliphatic rings. The average molecular weight is 153 g/mol. The van der Waals surface area contributed by atoms with Gasteiger partial charge in [-0.3, -0.25) is 0 Å². The average Bonchev–Trinajstić information content (AvgIpc) is 2.03. The molecule has 0 aromatic carbocycles. The number of hydrogen-bond donors (Lipinski definition) is 1. The predicted octanol–water partition coefficient (Wildman–Crippen LogP) is 0.453. The molecule has 0 fully saturated rings. The smallest absolute Gasteiger partial charge is 0.103 e. The zero-order chi connectivity index (χ0) is 8.10. The number of amidine groups is 1. The predicted molar refractivity (Wildman–Crippen MR) is 47.7 cm³/mol. The molecular formula is C8H15N3. The van der Waals surface area contributed by atoms with Crippen molar-refractivity contribution in [2.24, 2.45) is 4.99 Å². The summed E-state index contributed by atoms with van der Waals surface area (Å²) in [6.07, 6.45) is 4.89. The molecule has 62 valence electrons. The fourth-order valence-electron chi connectivity index (χ4n) is 0.900. The van der Waals surface area contributed by atoms with Gasteiger partial charge >= 0.3 is 0 Å². The highest BCUT2D eigenvalue weighted by molar-refractivity contribution is 5.83. The molecule has 3 nitrogen and oxygen atoms in total. The Kier molecular flexibility index (Phi) is 3.11. The third-order valence-corrected chi connectivity index (χ3v) is 1.56. The minimum atomic E-state index is 0.923. The molecule has 0 spiro atoms. The first-order valence-electron chi connectivity index (χ1n) is 3.89. The Hall–Kier alpha value is -0.830. The minimum Gasteiger partial charge on any atom is -0.370 e. The van der Waals surface area contributed by atoms with E-state index in [9.17, 15) is 0 Å². The van der Waals surface area contributed by atoms with Crippen LogP contribution >= 0.6 is 0 Å². The lowest BCUT2D eigenvalue weighted by atomic mass is 10.3. The first-order chi connectivity index (χ1) is 5.29. The van der Waals surface area contributed by atoms with E-state index in [4.69, 9.17) is 0 Å². The molecule has 3 heteroatoms. The first kappa shape index (κ1) is 8.27. The highest BCUT2D eigenvalue weighted by Gasteiger charge is 1.99. The van der Waals surface area contributed by atoms with Crippen molar-refractivity contribution in [1.82, 2.24) is 10.2 Å². The van der Waals surface area contributed by atoms with Crippen molar-refractivity contribution in [2.45, 2.75) is 6.42 Å². The summed E-state index contributed by atoms with van der Waals surface area (Å²) < 4.78 is 0. The Morgan fingerprint density at radius 3 is 3.00 bits per heavy atom. The molecule has 0 atom stereocenters. The molecule has 1 N–H and O–H groups in total. The number of nitrogens with zero attached hydrogens (tertiary/aromatic N) is 2. The van der Waals surface area contributed by atoms with Crippen LogP contribution in [0, 0.1) is 0 Å². The van der Waals surface area contributed by atoms with E-state index < -0.39 is 0 Å². The van der Waals surface area contributed by atoms with Crippen molar-refractivity contribution in [3.63, 3.8) is 0 Å². The van der Waals surface area contributed by atoms with Crippen molar-refractivity contribution >= 4 is 5.84 Å². The van der Waals surface area contributed by atoms with Gasteiger partial charge in [-0.25, -0.2) is 4.99 Å². The summed E-state index contributed by atoms with van der Waals surface area (Å²) in [5.74, 6) is 1.10. The molecule has 0 unspecified atom stereocenters. The quantitative estimate of drug-likeness (QED) is 0.637. The van der Waals surface area contributed by atoms with E-state index in [1.165, 1.54) is 0 Å². The number of aliphatic imine (C=N–C) groups is 1. The van der Waals surface area contributed by atoms with Crippen LogP contribution < -0.4 is 5.32 Å². The van der Waals surface area contributed by atoms with Gasteiger partial charge in [0.25, 0.3) is 0 Å². The number of hydrogen-bond acceptors (Lipinski definition) is 3. The summed E-state index contributed by atoms with van der Waals surface area (Å²) in [5, 5.41) is 3.21. The molecule has 0 aromatic rings. The maximum absolute atomic E-state index is 4.20. The van der Waals surface area contributed by atoms with Crippen LogP contribution in [0.15, 0.2) is 17.3 Å². The molecule has 1 heterocycles. The largest absolute Gasteiger partial charge is 0.370 e. The normalized spacial score (nSPS) is 16.5. The zero-order valence-corrected chi connectivity index (χ0v) is 7.17. The minimum absolute atomic E-state index is 0.923. The molecule has 0 saturated carbocycles. The maximum atomic E-state index is 4.20. The van der Waals surface area contributed by atoms with Crippen LogP contribution in [0.3, 0.4) is 0 Å². The lowest BCUT2D eigenvalue weighted by molar-refractivity contribution is 0.420. The molecular weight excluding hydrogens is 138 g/mol. The van der Waals surface area contributed by atoms with Crippen LogP contribution in [0.5, 0.6) is 0 Å². The third-order valence-electron chi connectivity index (χ3n) is 1.56. The van der Waals surface area contributed by atoms with E-state index in [2.05, 4.69) is 29.3 Å². The molecule has 0 saturated heterocycles. The first-order valence-corrected chi connectivity index (χ1v) is 3.89. The lowest BCUT2D eigenvalue weighted by Crippen LogP contribution is -2.29. The molecule has 0 aromatic heterocycles. The second-order valence-corrected chi connectivity index (χ2v) is 2.89. The van der Waals surface area contributed by atoms with Crippen molar-refractivity contribution < 1.29 is 0 Å². The van der Waals surface area contributed by atoms with Crippen molar-refractivity contribution in [3.8, 4) is 0 Å². The molecule has 1 rings (SSSR count). The van der Waals surface area contributed by atoms with Crippen LogP contribution in [0.4, 0.5) is 0 Å². The molecule has 0 bridgehead atoms. The monoisotopic (exact) mass is 153 g/mol. The van der Waals surface area contributed by atoms with Gasteiger partial charge in [-0.15, -0.1) is 0 Å². The van der Waals surface area contributed by atoms with Crippen LogP contribution in [0.25, 0.3) is 0 Å². The standard InChI is InChI=1S/C8H15N3/c1-11(2)7-4-8-9-5-3-6-10-8/h3,5H,4,6-7H2,1-2H3,(H,9,10). The van der Waals surface area contributed by atoms with Crippen LogP contribution in [0.1, 0.15) is 6.42 Å². The maximum Gasteiger partial charge on any atom is 0.103 e. The summed E-state index contributed by atoms with van der Waals surface area (Å²) >= 11 is 0. The summed E-state index contributed by atoms with van der Waals surface area (Å²) in [6.45, 7) is 1.98. The SMILES string of the molecule is CN(C)CCC1=NC=CCN1.